The van der Waals surface area contributed by atoms with Gasteiger partial charge in [-0.05, 0) is 47.9 Å². The molecule has 0 aliphatic heterocycles. The van der Waals surface area contributed by atoms with E-state index in [2.05, 4.69) is 24.3 Å². The van der Waals surface area contributed by atoms with E-state index in [0.29, 0.717) is 25.5 Å². The van der Waals surface area contributed by atoms with Crippen molar-refractivity contribution in [3.8, 4) is 16.9 Å². The van der Waals surface area contributed by atoms with Gasteiger partial charge in [-0.1, -0.05) is 50.2 Å². The maximum Gasteiger partial charge on any atom is 0.310 e. The van der Waals surface area contributed by atoms with E-state index in [4.69, 9.17) is 19.6 Å². The standard InChI is InChI=1S/C28H30N2O4.C2H6/c1-4-32-27(31)15-21-9-5-6-11-26(21)33-17-23-18-34-28-24(23)13-22(14-25(28)30(2)3)20-10-7-8-19(12-20)16-29;1-2/h5-14,18H,4,15-17,29H2,1-3H3;1-2H3. The maximum atomic E-state index is 12.0. The van der Waals surface area contributed by atoms with Crippen LogP contribution in [-0.2, 0) is 29.1 Å². The predicted molar refractivity (Wildman–Crippen MR) is 146 cm³/mol. The van der Waals surface area contributed by atoms with Crippen molar-refractivity contribution in [2.24, 2.45) is 5.73 Å². The Morgan fingerprint density at radius 1 is 0.972 bits per heavy atom. The van der Waals surface area contributed by atoms with Crippen LogP contribution in [0.4, 0.5) is 5.69 Å². The minimum atomic E-state index is -0.271. The van der Waals surface area contributed by atoms with Crippen LogP contribution < -0.4 is 15.4 Å². The average molecular weight is 489 g/mol. The SMILES string of the molecule is CC.CCOC(=O)Cc1ccccc1OCc1coc2c(N(C)C)cc(-c3cccc(CN)c3)cc12. The van der Waals surface area contributed by atoms with Gasteiger partial charge in [-0.15, -0.1) is 0 Å². The van der Waals surface area contributed by atoms with E-state index in [1.807, 2.05) is 69.2 Å². The molecule has 6 nitrogen and oxygen atoms in total. The number of hydrogen-bond acceptors (Lipinski definition) is 6. The predicted octanol–water partition coefficient (Wildman–Crippen LogP) is 6.34. The van der Waals surface area contributed by atoms with Crippen LogP contribution in [-0.4, -0.2) is 26.7 Å². The van der Waals surface area contributed by atoms with Gasteiger partial charge in [0.2, 0.25) is 0 Å². The van der Waals surface area contributed by atoms with E-state index < -0.39 is 0 Å². The highest BCUT2D eigenvalue weighted by Gasteiger charge is 2.16. The lowest BCUT2D eigenvalue weighted by Gasteiger charge is -2.16. The molecular formula is C30H36N2O4. The summed E-state index contributed by atoms with van der Waals surface area (Å²) in [5.41, 5.74) is 12.6. The molecule has 0 radical (unpaired) electrons. The monoisotopic (exact) mass is 488 g/mol. The number of benzene rings is 3. The van der Waals surface area contributed by atoms with Crippen molar-refractivity contribution < 1.29 is 18.7 Å². The smallest absolute Gasteiger partial charge is 0.310 e. The molecule has 0 spiro atoms. The molecule has 1 heterocycles. The Morgan fingerprint density at radius 2 is 1.75 bits per heavy atom. The Balaban J connectivity index is 0.00000176. The van der Waals surface area contributed by atoms with Gasteiger partial charge in [0.15, 0.2) is 5.58 Å². The third-order valence-electron chi connectivity index (χ3n) is 5.71. The normalized spacial score (nSPS) is 10.5. The van der Waals surface area contributed by atoms with Crippen molar-refractivity contribution in [1.82, 2.24) is 0 Å². The number of anilines is 1. The molecule has 6 heteroatoms. The molecule has 0 amide bonds. The molecule has 1 aromatic heterocycles. The van der Waals surface area contributed by atoms with E-state index in [1.54, 1.807) is 13.2 Å². The average Bonchev–Trinajstić information content (AvgIpc) is 3.31. The number of hydrogen-bond donors (Lipinski definition) is 1. The molecule has 0 fully saturated rings. The summed E-state index contributed by atoms with van der Waals surface area (Å²) in [6.45, 7) is 6.96. The van der Waals surface area contributed by atoms with E-state index >= 15 is 0 Å². The molecule has 0 unspecified atom stereocenters. The van der Waals surface area contributed by atoms with Crippen LogP contribution in [0.25, 0.3) is 22.1 Å². The highest BCUT2D eigenvalue weighted by molar-refractivity contribution is 5.96. The minimum absolute atomic E-state index is 0.169. The van der Waals surface area contributed by atoms with E-state index in [-0.39, 0.29) is 12.4 Å². The van der Waals surface area contributed by atoms with E-state index in [9.17, 15) is 4.79 Å². The van der Waals surface area contributed by atoms with Crippen LogP contribution in [0.3, 0.4) is 0 Å². The molecule has 36 heavy (non-hydrogen) atoms. The molecule has 0 aliphatic rings. The Hall–Kier alpha value is -3.77. The molecule has 2 N–H and O–H groups in total. The molecule has 4 rings (SSSR count). The van der Waals surface area contributed by atoms with Crippen LogP contribution in [0.2, 0.25) is 0 Å². The summed E-state index contributed by atoms with van der Waals surface area (Å²) < 4.78 is 17.2. The van der Waals surface area contributed by atoms with Gasteiger partial charge in [0.05, 0.1) is 25.0 Å². The molecule has 3 aromatic carbocycles. The lowest BCUT2D eigenvalue weighted by molar-refractivity contribution is -0.142. The number of furan rings is 1. The fraction of sp³-hybridized carbons (Fsp3) is 0.300. The number of nitrogens with zero attached hydrogens (tertiary/aromatic N) is 1. The summed E-state index contributed by atoms with van der Waals surface area (Å²) in [5, 5.41) is 0.988. The first-order valence-electron chi connectivity index (χ1n) is 12.4. The van der Waals surface area contributed by atoms with Gasteiger partial charge in [-0.3, -0.25) is 4.79 Å². The number of esters is 1. The van der Waals surface area contributed by atoms with Crippen LogP contribution >= 0.6 is 0 Å². The number of carbonyl (C=O) groups is 1. The summed E-state index contributed by atoms with van der Waals surface area (Å²) >= 11 is 0. The van der Waals surface area contributed by atoms with Crippen LogP contribution in [0.5, 0.6) is 5.75 Å². The second-order valence-electron chi connectivity index (χ2n) is 8.31. The Morgan fingerprint density at radius 3 is 2.47 bits per heavy atom. The number of fused-ring (bicyclic) bond motifs is 1. The second-order valence-corrected chi connectivity index (χ2v) is 8.31. The first-order valence-corrected chi connectivity index (χ1v) is 12.4. The summed E-state index contributed by atoms with van der Waals surface area (Å²) in [5.74, 6) is 0.386. The second kappa shape index (κ2) is 12.8. The highest BCUT2D eigenvalue weighted by Crippen LogP contribution is 2.36. The van der Waals surface area contributed by atoms with Gasteiger partial charge in [0.1, 0.15) is 12.4 Å². The molecule has 190 valence electrons. The molecular weight excluding hydrogens is 452 g/mol. The van der Waals surface area contributed by atoms with E-state index in [1.165, 1.54) is 0 Å². The summed E-state index contributed by atoms with van der Waals surface area (Å²) in [6, 6.07) is 20.0. The zero-order chi connectivity index (χ0) is 26.1. The van der Waals surface area contributed by atoms with Gasteiger partial charge >= 0.3 is 5.97 Å². The quantitative estimate of drug-likeness (QED) is 0.277. The van der Waals surface area contributed by atoms with Gasteiger partial charge in [0.25, 0.3) is 0 Å². The third-order valence-corrected chi connectivity index (χ3v) is 5.71. The molecule has 0 aliphatic carbocycles. The van der Waals surface area contributed by atoms with Crippen LogP contribution in [0.1, 0.15) is 37.5 Å². The van der Waals surface area contributed by atoms with Gasteiger partial charge in [-0.25, -0.2) is 0 Å². The largest absolute Gasteiger partial charge is 0.488 e. The lowest BCUT2D eigenvalue weighted by atomic mass is 9.99. The van der Waals surface area contributed by atoms with Crippen molar-refractivity contribution in [3.63, 3.8) is 0 Å². The first kappa shape index (κ1) is 26.8. The molecule has 0 saturated carbocycles. The Labute approximate surface area is 213 Å². The van der Waals surface area contributed by atoms with Crippen molar-refractivity contribution in [3.05, 3.63) is 83.6 Å². The van der Waals surface area contributed by atoms with Gasteiger partial charge < -0.3 is 24.5 Å². The van der Waals surface area contributed by atoms with Gasteiger partial charge in [0, 0.05) is 37.2 Å². The first-order chi connectivity index (χ1) is 17.5. The maximum absolute atomic E-state index is 12.0. The fourth-order valence-corrected chi connectivity index (χ4v) is 3.97. The van der Waals surface area contributed by atoms with Crippen molar-refractivity contribution in [2.75, 3.05) is 25.6 Å². The third kappa shape index (κ3) is 6.26. The number of rotatable bonds is 9. The summed E-state index contributed by atoms with van der Waals surface area (Å²) in [4.78, 5) is 14.0. The van der Waals surface area contributed by atoms with Crippen molar-refractivity contribution in [1.29, 1.82) is 0 Å². The van der Waals surface area contributed by atoms with Crippen molar-refractivity contribution in [2.45, 2.75) is 40.3 Å². The Bertz CT molecular complexity index is 1290. The molecule has 0 saturated heterocycles. The molecule has 0 atom stereocenters. The number of carbonyl (C=O) groups excluding carboxylic acids is 1. The minimum Gasteiger partial charge on any atom is -0.488 e. The molecule has 0 bridgehead atoms. The van der Waals surface area contributed by atoms with Crippen LogP contribution in [0.15, 0.2) is 71.3 Å². The summed E-state index contributed by atoms with van der Waals surface area (Å²) in [7, 11) is 4.00. The lowest BCUT2D eigenvalue weighted by Crippen LogP contribution is -2.09. The highest BCUT2D eigenvalue weighted by atomic mass is 16.5. The Kier molecular flexibility index (Phi) is 9.53. The topological polar surface area (TPSA) is 77.9 Å². The van der Waals surface area contributed by atoms with Crippen molar-refractivity contribution >= 4 is 22.6 Å². The van der Waals surface area contributed by atoms with Crippen LogP contribution in [0, 0.1) is 0 Å². The number of nitrogens with two attached hydrogens (primary N) is 1. The zero-order valence-corrected chi connectivity index (χ0v) is 21.8. The zero-order valence-electron chi connectivity index (χ0n) is 21.8. The number of ether oxygens (including phenoxy) is 2. The van der Waals surface area contributed by atoms with Gasteiger partial charge in [-0.2, -0.15) is 0 Å². The summed E-state index contributed by atoms with van der Waals surface area (Å²) in [6.07, 6.45) is 1.91. The fourth-order valence-electron chi connectivity index (χ4n) is 3.97. The number of para-hydroxylation sites is 1. The van der Waals surface area contributed by atoms with E-state index in [0.717, 1.165) is 44.5 Å². The molecule has 4 aromatic rings.